The molecule has 0 saturated heterocycles. The highest BCUT2D eigenvalue weighted by Crippen LogP contribution is 2.35. The second-order valence-corrected chi connectivity index (χ2v) is 7.80. The van der Waals surface area contributed by atoms with Crippen LogP contribution in [0, 0.1) is 0 Å². The number of hydrogen-bond acceptors (Lipinski definition) is 3. The van der Waals surface area contributed by atoms with Gasteiger partial charge in [0.1, 0.15) is 0 Å². The maximum atomic E-state index is 11.8. The van der Waals surface area contributed by atoms with Crippen LogP contribution in [-0.2, 0) is 4.79 Å². The maximum absolute atomic E-state index is 11.8. The van der Waals surface area contributed by atoms with E-state index in [2.05, 4.69) is 16.2 Å². The first-order valence-corrected chi connectivity index (χ1v) is 8.60. The van der Waals surface area contributed by atoms with Gasteiger partial charge in [-0.25, -0.2) is 0 Å². The molecule has 3 N–H and O–H groups in total. The molecule has 1 aromatic carbocycles. The average Bonchev–Trinajstić information content (AvgIpc) is 2.78. The lowest BCUT2D eigenvalue weighted by molar-refractivity contribution is -0.116. The third-order valence-electron chi connectivity index (χ3n) is 2.73. The van der Waals surface area contributed by atoms with Crippen LogP contribution in [0.5, 0.6) is 0 Å². The molecular formula is C16H18ClN3OS2. The van der Waals surface area contributed by atoms with Gasteiger partial charge in [0.05, 0.1) is 5.02 Å². The summed E-state index contributed by atoms with van der Waals surface area (Å²) >= 11 is 12.9. The Morgan fingerprint density at radius 3 is 2.61 bits per heavy atom. The average molecular weight is 368 g/mol. The first-order valence-electron chi connectivity index (χ1n) is 6.99. The van der Waals surface area contributed by atoms with Crippen LogP contribution >= 0.6 is 35.2 Å². The quantitative estimate of drug-likeness (QED) is 0.428. The number of carbonyl (C=O) groups excluding carboxylic acids is 1. The zero-order chi connectivity index (χ0) is 17.0. The Labute approximate surface area is 149 Å². The van der Waals surface area contributed by atoms with E-state index in [0.29, 0.717) is 10.1 Å². The van der Waals surface area contributed by atoms with E-state index in [1.165, 1.54) is 6.08 Å². The van der Waals surface area contributed by atoms with Gasteiger partial charge in [0.25, 0.3) is 5.91 Å². The summed E-state index contributed by atoms with van der Waals surface area (Å²) in [5.74, 6) is -0.309. The van der Waals surface area contributed by atoms with Crippen molar-refractivity contribution in [2.24, 2.45) is 0 Å². The summed E-state index contributed by atoms with van der Waals surface area (Å²) in [6.45, 7) is 5.94. The van der Waals surface area contributed by atoms with Crippen molar-refractivity contribution in [3.63, 3.8) is 0 Å². The molecule has 0 aliphatic heterocycles. The first kappa shape index (κ1) is 17.7. The van der Waals surface area contributed by atoms with Gasteiger partial charge in [-0.05, 0) is 45.1 Å². The zero-order valence-electron chi connectivity index (χ0n) is 13.1. The van der Waals surface area contributed by atoms with E-state index < -0.39 is 0 Å². The predicted molar refractivity (Wildman–Crippen MR) is 103 cm³/mol. The number of benzene rings is 1. The van der Waals surface area contributed by atoms with Crippen molar-refractivity contribution < 1.29 is 4.79 Å². The second-order valence-electron chi connectivity index (χ2n) is 5.93. The lowest BCUT2D eigenvalue weighted by Gasteiger charge is -2.22. The number of carbonyl (C=O) groups is 1. The molecule has 0 aliphatic rings. The molecule has 2 aromatic rings. The number of hydrogen-bond donors (Lipinski definition) is 3. The Morgan fingerprint density at radius 2 is 1.96 bits per heavy atom. The Hall–Kier alpha value is -1.63. The van der Waals surface area contributed by atoms with Crippen LogP contribution in [0.4, 0.5) is 0 Å². The van der Waals surface area contributed by atoms with Crippen LogP contribution < -0.4 is 16.2 Å². The van der Waals surface area contributed by atoms with E-state index in [9.17, 15) is 4.79 Å². The first-order chi connectivity index (χ1) is 10.8. The molecule has 0 aliphatic carbocycles. The molecule has 0 unspecified atom stereocenters. The van der Waals surface area contributed by atoms with Crippen LogP contribution in [0.25, 0.3) is 16.2 Å². The minimum absolute atomic E-state index is 0.171. The summed E-state index contributed by atoms with van der Waals surface area (Å²) in [6, 6.07) is 7.86. The molecule has 0 atom stereocenters. The smallest absolute Gasteiger partial charge is 0.262 e. The fraction of sp³-hybridized carbons (Fsp3) is 0.250. The Morgan fingerprint density at radius 1 is 1.26 bits per heavy atom. The summed E-state index contributed by atoms with van der Waals surface area (Å²) in [5.41, 5.74) is 5.00. The number of rotatable bonds is 2. The minimum Gasteiger partial charge on any atom is -0.357 e. The number of hydrazine groups is 1. The van der Waals surface area contributed by atoms with Crippen LogP contribution in [-0.4, -0.2) is 16.6 Å². The van der Waals surface area contributed by atoms with E-state index in [4.69, 9.17) is 23.8 Å². The Kier molecular flexibility index (Phi) is 5.62. The fourth-order valence-corrected chi connectivity index (χ4v) is 3.58. The molecule has 0 fully saturated rings. The van der Waals surface area contributed by atoms with Crippen LogP contribution in [0.2, 0.25) is 5.02 Å². The van der Waals surface area contributed by atoms with Gasteiger partial charge in [-0.1, -0.05) is 29.8 Å². The van der Waals surface area contributed by atoms with Crippen molar-refractivity contribution in [2.75, 3.05) is 0 Å². The van der Waals surface area contributed by atoms with Crippen molar-refractivity contribution in [1.29, 1.82) is 0 Å². The largest absolute Gasteiger partial charge is 0.357 e. The summed E-state index contributed by atoms with van der Waals surface area (Å²) < 4.78 is 1.09. The van der Waals surface area contributed by atoms with E-state index in [0.717, 1.165) is 15.0 Å². The topological polar surface area (TPSA) is 53.2 Å². The van der Waals surface area contributed by atoms with Crippen molar-refractivity contribution in [2.45, 2.75) is 26.3 Å². The molecule has 0 bridgehead atoms. The molecule has 0 spiro atoms. The molecule has 2 rings (SSSR count). The monoisotopic (exact) mass is 367 g/mol. The molecule has 1 amide bonds. The minimum atomic E-state index is -0.309. The zero-order valence-corrected chi connectivity index (χ0v) is 15.5. The van der Waals surface area contributed by atoms with E-state index in [1.807, 2.05) is 45.0 Å². The van der Waals surface area contributed by atoms with Crippen molar-refractivity contribution >= 4 is 62.3 Å². The van der Waals surface area contributed by atoms with Gasteiger partial charge in [-0.3, -0.25) is 15.6 Å². The van der Waals surface area contributed by atoms with Gasteiger partial charge in [0.15, 0.2) is 5.11 Å². The van der Waals surface area contributed by atoms with Crippen molar-refractivity contribution in [3.8, 4) is 0 Å². The van der Waals surface area contributed by atoms with Gasteiger partial charge < -0.3 is 5.32 Å². The molecule has 0 radical (unpaired) electrons. The molecule has 7 heteroatoms. The Balaban J connectivity index is 1.95. The van der Waals surface area contributed by atoms with Gasteiger partial charge in [0.2, 0.25) is 0 Å². The van der Waals surface area contributed by atoms with Crippen LogP contribution in [0.1, 0.15) is 25.6 Å². The maximum Gasteiger partial charge on any atom is 0.262 e. The summed E-state index contributed by atoms with van der Waals surface area (Å²) in [4.78, 5) is 12.7. The molecule has 1 aromatic heterocycles. The number of fused-ring (bicyclic) bond motifs is 1. The fourth-order valence-electron chi connectivity index (χ4n) is 1.82. The SMILES string of the molecule is CC(C)(C)NC(=S)NNC(=O)/C=C/c1sc2ccccc2c1Cl. The highest BCUT2D eigenvalue weighted by Gasteiger charge is 2.11. The van der Waals surface area contributed by atoms with Gasteiger partial charge in [-0.15, -0.1) is 11.3 Å². The second kappa shape index (κ2) is 7.29. The standard InChI is InChI=1S/C16H18ClN3OS2/c1-16(2,3)18-15(22)20-19-13(21)9-8-12-14(17)10-6-4-5-7-11(10)23-12/h4-9H,1-3H3,(H,19,21)(H2,18,20,22)/b9-8+. The molecular weight excluding hydrogens is 350 g/mol. The Bertz CT molecular complexity index is 762. The molecule has 23 heavy (non-hydrogen) atoms. The van der Waals surface area contributed by atoms with Crippen molar-refractivity contribution in [3.05, 3.63) is 40.2 Å². The number of halogens is 1. The summed E-state index contributed by atoms with van der Waals surface area (Å²) in [5, 5.41) is 5.05. The van der Waals surface area contributed by atoms with Gasteiger partial charge in [0, 0.05) is 26.6 Å². The van der Waals surface area contributed by atoms with Crippen LogP contribution in [0.15, 0.2) is 30.3 Å². The number of thiophene rings is 1. The van der Waals surface area contributed by atoms with E-state index >= 15 is 0 Å². The number of nitrogens with one attached hydrogen (secondary N) is 3. The lowest BCUT2D eigenvalue weighted by Crippen LogP contribution is -2.51. The van der Waals surface area contributed by atoms with Crippen molar-refractivity contribution in [1.82, 2.24) is 16.2 Å². The molecule has 122 valence electrons. The lowest BCUT2D eigenvalue weighted by atomic mass is 10.1. The van der Waals surface area contributed by atoms with E-state index in [1.54, 1.807) is 17.4 Å². The van der Waals surface area contributed by atoms with Gasteiger partial charge in [-0.2, -0.15) is 0 Å². The number of thiocarbonyl (C=S) groups is 1. The number of amides is 1. The summed E-state index contributed by atoms with van der Waals surface area (Å²) in [7, 11) is 0. The highest BCUT2D eigenvalue weighted by atomic mass is 35.5. The third kappa shape index (κ3) is 5.20. The molecule has 4 nitrogen and oxygen atoms in total. The van der Waals surface area contributed by atoms with Crippen LogP contribution in [0.3, 0.4) is 0 Å². The third-order valence-corrected chi connectivity index (χ3v) is 4.59. The highest BCUT2D eigenvalue weighted by molar-refractivity contribution is 7.80. The normalized spacial score (nSPS) is 11.7. The van der Waals surface area contributed by atoms with Gasteiger partial charge >= 0.3 is 0 Å². The predicted octanol–water partition coefficient (Wildman–Crippen LogP) is 3.86. The summed E-state index contributed by atoms with van der Waals surface area (Å²) in [6.07, 6.45) is 3.12. The molecule has 0 saturated carbocycles. The molecule has 1 heterocycles. The van der Waals surface area contributed by atoms with E-state index in [-0.39, 0.29) is 11.4 Å².